The normalized spacial score (nSPS) is 17.0. The molecule has 22 heavy (non-hydrogen) atoms. The maximum absolute atomic E-state index is 13.3. The first-order valence-corrected chi connectivity index (χ1v) is 5.94. The van der Waals surface area contributed by atoms with Crippen molar-refractivity contribution in [1.29, 1.82) is 0 Å². The highest BCUT2D eigenvalue weighted by Gasteiger charge is 2.47. The van der Waals surface area contributed by atoms with E-state index in [1.54, 1.807) is 0 Å². The van der Waals surface area contributed by atoms with Crippen molar-refractivity contribution in [1.82, 2.24) is 5.01 Å². The minimum absolute atomic E-state index is 0.0470. The van der Waals surface area contributed by atoms with Crippen LogP contribution in [-0.4, -0.2) is 40.4 Å². The van der Waals surface area contributed by atoms with Gasteiger partial charge in [-0.05, 0) is 23.8 Å². The van der Waals surface area contributed by atoms with E-state index >= 15 is 0 Å². The van der Waals surface area contributed by atoms with Crippen LogP contribution in [0.5, 0.6) is 5.75 Å². The molecule has 0 saturated carbocycles. The summed E-state index contributed by atoms with van der Waals surface area (Å²) in [5.74, 6) is -2.59. The third kappa shape index (κ3) is 2.78. The van der Waals surface area contributed by atoms with Crippen LogP contribution in [0.25, 0.3) is 6.08 Å². The zero-order chi connectivity index (χ0) is 16.5. The van der Waals surface area contributed by atoms with Gasteiger partial charge in [0.2, 0.25) is 0 Å². The summed E-state index contributed by atoms with van der Waals surface area (Å²) in [5.41, 5.74) is 4.17. The molecule has 1 aliphatic heterocycles. The van der Waals surface area contributed by atoms with Gasteiger partial charge in [-0.25, -0.2) is 4.39 Å². The van der Waals surface area contributed by atoms with Crippen molar-refractivity contribution >= 4 is 23.6 Å². The molecule has 0 aromatic heterocycles. The van der Waals surface area contributed by atoms with Crippen LogP contribution in [0.15, 0.2) is 34.9 Å². The van der Waals surface area contributed by atoms with Crippen LogP contribution in [0.2, 0.25) is 0 Å². The molecule has 0 bridgehead atoms. The Bertz CT molecular complexity index is 684. The predicted octanol–water partition coefficient (Wildman–Crippen LogP) is 1.02. The molecule has 0 fully saturated rings. The highest BCUT2D eigenvalue weighted by Crippen LogP contribution is 2.29. The van der Waals surface area contributed by atoms with Gasteiger partial charge in [0.05, 0.1) is 5.57 Å². The van der Waals surface area contributed by atoms with E-state index in [-0.39, 0.29) is 5.75 Å². The van der Waals surface area contributed by atoms with Gasteiger partial charge in [0, 0.05) is 0 Å². The molecule has 116 valence electrons. The third-order valence-corrected chi connectivity index (χ3v) is 2.79. The Morgan fingerprint density at radius 1 is 1.36 bits per heavy atom. The number of carbonyl (C=O) groups is 2. The summed E-state index contributed by atoms with van der Waals surface area (Å²) in [6.07, 6.45) is 1.10. The quantitative estimate of drug-likeness (QED) is 0.641. The summed E-state index contributed by atoms with van der Waals surface area (Å²) >= 11 is 0. The first-order valence-electron chi connectivity index (χ1n) is 5.94. The molecule has 1 aromatic rings. The van der Waals surface area contributed by atoms with Crippen LogP contribution in [0.3, 0.4) is 0 Å². The Hall–Kier alpha value is -2.84. The van der Waals surface area contributed by atoms with E-state index in [0.717, 1.165) is 6.08 Å². The Morgan fingerprint density at radius 2 is 1.95 bits per heavy atom. The fourth-order valence-electron chi connectivity index (χ4n) is 1.74. The van der Waals surface area contributed by atoms with Gasteiger partial charge in [-0.1, -0.05) is 12.1 Å². The molecule has 1 aliphatic rings. The molecule has 0 atom stereocenters. The second kappa shape index (κ2) is 5.51. The molecule has 0 aliphatic carbocycles. The molecule has 0 spiro atoms. The fraction of sp³-hybridized carbons (Fsp3) is 0.154. The van der Waals surface area contributed by atoms with Crippen molar-refractivity contribution in [2.75, 3.05) is 6.67 Å². The maximum atomic E-state index is 13.3. The average Bonchev–Trinajstić information content (AvgIpc) is 2.79. The smallest absolute Gasteiger partial charge is 0.374 e. The van der Waals surface area contributed by atoms with Gasteiger partial charge in [-0.15, -0.1) is 0 Å². The van der Waals surface area contributed by atoms with Crippen LogP contribution in [0.1, 0.15) is 5.56 Å². The highest BCUT2D eigenvalue weighted by atomic mass is 19.3. The highest BCUT2D eigenvalue weighted by molar-refractivity contribution is 6.53. The van der Waals surface area contributed by atoms with Gasteiger partial charge >= 0.3 is 6.05 Å². The number of rotatable bonds is 4. The SMILES string of the molecule is NC(=O)C1=NN(C(F)(F)CF)C(=O)/C1=C/c1ccc(O)cc1. The number of halogens is 3. The Morgan fingerprint density at radius 3 is 2.45 bits per heavy atom. The van der Waals surface area contributed by atoms with Crippen LogP contribution >= 0.6 is 0 Å². The van der Waals surface area contributed by atoms with Crippen LogP contribution in [0, 0.1) is 0 Å². The number of phenols is 1. The first kappa shape index (κ1) is 15.5. The lowest BCUT2D eigenvalue weighted by Gasteiger charge is -2.20. The number of amides is 2. The number of hydrogen-bond donors (Lipinski definition) is 2. The van der Waals surface area contributed by atoms with Crippen molar-refractivity contribution in [2.24, 2.45) is 10.8 Å². The van der Waals surface area contributed by atoms with Gasteiger partial charge in [0.15, 0.2) is 12.4 Å². The number of alkyl halides is 3. The van der Waals surface area contributed by atoms with Crippen LogP contribution < -0.4 is 5.73 Å². The lowest BCUT2D eigenvalue weighted by atomic mass is 10.1. The molecular weight excluding hydrogens is 303 g/mol. The van der Waals surface area contributed by atoms with Gasteiger partial charge in [0.1, 0.15) is 5.75 Å². The minimum Gasteiger partial charge on any atom is -0.508 e. The van der Waals surface area contributed by atoms with Gasteiger partial charge < -0.3 is 10.8 Å². The Balaban J connectivity index is 2.47. The van der Waals surface area contributed by atoms with Crippen molar-refractivity contribution < 1.29 is 27.9 Å². The lowest BCUT2D eigenvalue weighted by Crippen LogP contribution is -2.41. The Kier molecular flexibility index (Phi) is 3.89. The number of nitrogens with two attached hydrogens (primary N) is 1. The standard InChI is InChI=1S/C13H10F3N3O3/c14-6-13(15,16)19-12(22)9(10(18-19)11(17)21)5-7-1-3-8(20)4-2-7/h1-5,20H,6H2,(H2,17,21)/b9-5+. The van der Waals surface area contributed by atoms with E-state index < -0.39 is 40.8 Å². The van der Waals surface area contributed by atoms with E-state index in [1.165, 1.54) is 24.3 Å². The topological polar surface area (TPSA) is 96.0 Å². The van der Waals surface area contributed by atoms with Crippen LogP contribution in [0.4, 0.5) is 13.2 Å². The van der Waals surface area contributed by atoms with Crippen LogP contribution in [-0.2, 0) is 9.59 Å². The van der Waals surface area contributed by atoms with Gasteiger partial charge in [-0.3, -0.25) is 9.59 Å². The molecule has 0 radical (unpaired) electrons. The van der Waals surface area contributed by atoms with Crippen molar-refractivity contribution in [3.63, 3.8) is 0 Å². The molecular formula is C13H10F3N3O3. The average molecular weight is 313 g/mol. The second-order valence-electron chi connectivity index (χ2n) is 4.38. The zero-order valence-electron chi connectivity index (χ0n) is 11.0. The summed E-state index contributed by atoms with van der Waals surface area (Å²) < 4.78 is 39.0. The molecule has 0 saturated heterocycles. The largest absolute Gasteiger partial charge is 0.508 e. The number of aromatic hydroxyl groups is 1. The van der Waals surface area contributed by atoms with Crippen molar-refractivity contribution in [3.8, 4) is 5.75 Å². The minimum atomic E-state index is -4.18. The summed E-state index contributed by atoms with van der Waals surface area (Å²) in [5, 5.41) is 11.9. The molecule has 1 heterocycles. The number of primary amides is 1. The van der Waals surface area contributed by atoms with E-state index in [1.807, 2.05) is 0 Å². The summed E-state index contributed by atoms with van der Waals surface area (Å²) in [7, 11) is 0. The predicted molar refractivity (Wildman–Crippen MR) is 70.5 cm³/mol. The van der Waals surface area contributed by atoms with E-state index in [0.29, 0.717) is 5.56 Å². The van der Waals surface area contributed by atoms with E-state index in [2.05, 4.69) is 5.10 Å². The Labute approximate surface area is 122 Å². The maximum Gasteiger partial charge on any atom is 0.374 e. The van der Waals surface area contributed by atoms with E-state index in [4.69, 9.17) is 10.8 Å². The number of hydrazone groups is 1. The van der Waals surface area contributed by atoms with Gasteiger partial charge in [-0.2, -0.15) is 18.9 Å². The number of hydrogen-bond acceptors (Lipinski definition) is 4. The van der Waals surface area contributed by atoms with Crippen molar-refractivity contribution in [2.45, 2.75) is 6.05 Å². The zero-order valence-corrected chi connectivity index (χ0v) is 11.0. The number of nitrogens with zero attached hydrogens (tertiary/aromatic N) is 2. The third-order valence-electron chi connectivity index (χ3n) is 2.79. The molecule has 9 heteroatoms. The second-order valence-corrected chi connectivity index (χ2v) is 4.38. The monoisotopic (exact) mass is 313 g/mol. The molecule has 2 rings (SSSR count). The summed E-state index contributed by atoms with van der Waals surface area (Å²) in [4.78, 5) is 23.2. The van der Waals surface area contributed by atoms with Crippen molar-refractivity contribution in [3.05, 3.63) is 35.4 Å². The number of carbonyl (C=O) groups excluding carboxylic acids is 2. The molecule has 6 nitrogen and oxygen atoms in total. The fourth-order valence-corrected chi connectivity index (χ4v) is 1.74. The lowest BCUT2D eigenvalue weighted by molar-refractivity contribution is -0.173. The molecule has 3 N–H and O–H groups in total. The molecule has 0 unspecified atom stereocenters. The van der Waals surface area contributed by atoms with Gasteiger partial charge in [0.25, 0.3) is 11.8 Å². The van der Waals surface area contributed by atoms with E-state index in [9.17, 15) is 22.8 Å². The first-order chi connectivity index (χ1) is 10.3. The summed E-state index contributed by atoms with van der Waals surface area (Å²) in [6.45, 7) is -2.15. The number of benzene rings is 1. The molecule has 2 amide bonds. The number of phenolic OH excluding ortho intramolecular Hbond substituents is 1. The molecule has 1 aromatic carbocycles. The summed E-state index contributed by atoms with van der Waals surface area (Å²) in [6, 6.07) is 1.17.